The molecule has 0 aliphatic heterocycles. The Morgan fingerprint density at radius 2 is 1.56 bits per heavy atom. The molecule has 0 saturated carbocycles. The molecule has 0 amide bonds. The molecule has 1 N–H and O–H groups in total. The fourth-order valence-corrected chi connectivity index (χ4v) is 2.25. The van der Waals surface area contributed by atoms with Gasteiger partial charge in [0.25, 0.3) is 0 Å². The monoisotopic (exact) mass is 344 g/mol. The molecule has 0 aliphatic rings. The zero-order valence-electron chi connectivity index (χ0n) is 14.5. The molecule has 2 aromatic rings. The van der Waals surface area contributed by atoms with E-state index in [1.165, 1.54) is 27.4 Å². The van der Waals surface area contributed by atoms with Crippen LogP contribution in [0.5, 0.6) is 23.0 Å². The molecule has 25 heavy (non-hydrogen) atoms. The summed E-state index contributed by atoms with van der Waals surface area (Å²) in [4.78, 5) is 11.6. The summed E-state index contributed by atoms with van der Waals surface area (Å²) in [5, 5.41) is 9.45. The van der Waals surface area contributed by atoms with Crippen LogP contribution >= 0.6 is 0 Å². The lowest BCUT2D eigenvalue weighted by atomic mass is 10.1. The van der Waals surface area contributed by atoms with Gasteiger partial charge in [0.1, 0.15) is 5.75 Å². The van der Waals surface area contributed by atoms with Crippen molar-refractivity contribution in [3.05, 3.63) is 53.3 Å². The van der Waals surface area contributed by atoms with Gasteiger partial charge in [0.2, 0.25) is 11.5 Å². The number of carboxylic acid groups (broad SMARTS) is 1. The Bertz CT molecular complexity index is 777. The fraction of sp³-hybridized carbons (Fsp3) is 0.211. The highest BCUT2D eigenvalue weighted by Gasteiger charge is 2.18. The second-order valence-corrected chi connectivity index (χ2v) is 5.15. The van der Waals surface area contributed by atoms with Crippen LogP contribution in [-0.2, 0) is 4.79 Å². The van der Waals surface area contributed by atoms with Crippen molar-refractivity contribution in [2.75, 3.05) is 21.3 Å². The highest BCUT2D eigenvalue weighted by atomic mass is 16.5. The minimum Gasteiger partial charge on any atom is -0.493 e. The van der Waals surface area contributed by atoms with Crippen LogP contribution in [0.4, 0.5) is 0 Å². The molecular weight excluding hydrogens is 324 g/mol. The average molecular weight is 344 g/mol. The lowest BCUT2D eigenvalue weighted by molar-refractivity contribution is -0.134. The standard InChI is InChI=1S/C19H20O6/c1-12-5-8-14(9-6-12)25-16(19(20)21)11-13-7-10-15(22-2)18(24-4)17(13)23-3/h5-11H,1-4H3,(H,20,21). The predicted molar refractivity (Wildman–Crippen MR) is 93.5 cm³/mol. The highest BCUT2D eigenvalue weighted by molar-refractivity contribution is 5.91. The molecule has 0 heterocycles. The molecule has 132 valence electrons. The van der Waals surface area contributed by atoms with Gasteiger partial charge in [0.15, 0.2) is 11.5 Å². The van der Waals surface area contributed by atoms with Gasteiger partial charge in [-0.15, -0.1) is 0 Å². The second kappa shape index (κ2) is 8.10. The largest absolute Gasteiger partial charge is 0.493 e. The van der Waals surface area contributed by atoms with Crippen molar-refractivity contribution >= 4 is 12.0 Å². The number of hydrogen-bond donors (Lipinski definition) is 1. The lowest BCUT2D eigenvalue weighted by Gasteiger charge is -2.14. The van der Waals surface area contributed by atoms with Gasteiger partial charge in [-0.05, 0) is 37.3 Å². The summed E-state index contributed by atoms with van der Waals surface area (Å²) >= 11 is 0. The summed E-state index contributed by atoms with van der Waals surface area (Å²) in [5.41, 5.74) is 1.54. The normalized spacial score (nSPS) is 11.0. The molecule has 2 aromatic carbocycles. The van der Waals surface area contributed by atoms with Crippen LogP contribution in [-0.4, -0.2) is 32.4 Å². The number of carbonyl (C=O) groups is 1. The van der Waals surface area contributed by atoms with E-state index in [-0.39, 0.29) is 5.76 Å². The van der Waals surface area contributed by atoms with Crippen molar-refractivity contribution in [1.29, 1.82) is 0 Å². The van der Waals surface area contributed by atoms with Crippen LogP contribution < -0.4 is 18.9 Å². The maximum atomic E-state index is 11.6. The van der Waals surface area contributed by atoms with Crippen molar-refractivity contribution in [3.8, 4) is 23.0 Å². The third kappa shape index (κ3) is 4.23. The number of methoxy groups -OCH3 is 3. The Morgan fingerprint density at radius 3 is 2.08 bits per heavy atom. The Labute approximate surface area is 146 Å². The van der Waals surface area contributed by atoms with E-state index in [0.717, 1.165) is 5.56 Å². The summed E-state index contributed by atoms with van der Waals surface area (Å²) in [6.07, 6.45) is 1.38. The van der Waals surface area contributed by atoms with Crippen molar-refractivity contribution in [3.63, 3.8) is 0 Å². The predicted octanol–water partition coefficient (Wildman–Crippen LogP) is 3.53. The van der Waals surface area contributed by atoms with Crippen LogP contribution in [0.3, 0.4) is 0 Å². The van der Waals surface area contributed by atoms with Gasteiger partial charge in [-0.2, -0.15) is 0 Å². The van der Waals surface area contributed by atoms with Crippen LogP contribution in [0.1, 0.15) is 11.1 Å². The van der Waals surface area contributed by atoms with E-state index in [1.54, 1.807) is 24.3 Å². The first-order chi connectivity index (χ1) is 12.0. The molecule has 0 aliphatic carbocycles. The van der Waals surface area contributed by atoms with Gasteiger partial charge in [-0.3, -0.25) is 0 Å². The van der Waals surface area contributed by atoms with Crippen molar-refractivity contribution < 1.29 is 28.8 Å². The third-order valence-corrected chi connectivity index (χ3v) is 3.48. The van der Waals surface area contributed by atoms with Crippen LogP contribution in [0.15, 0.2) is 42.2 Å². The van der Waals surface area contributed by atoms with E-state index in [1.807, 2.05) is 19.1 Å². The zero-order valence-corrected chi connectivity index (χ0v) is 14.5. The van der Waals surface area contributed by atoms with E-state index in [0.29, 0.717) is 28.6 Å². The molecule has 0 radical (unpaired) electrons. The number of rotatable bonds is 7. The minimum absolute atomic E-state index is 0.241. The zero-order chi connectivity index (χ0) is 18.4. The molecule has 0 saturated heterocycles. The van der Waals surface area contributed by atoms with E-state index < -0.39 is 5.97 Å². The molecule has 0 aromatic heterocycles. The lowest BCUT2D eigenvalue weighted by Crippen LogP contribution is -2.08. The van der Waals surface area contributed by atoms with Crippen molar-refractivity contribution in [2.24, 2.45) is 0 Å². The SMILES string of the molecule is COc1ccc(C=C(Oc2ccc(C)cc2)C(=O)O)c(OC)c1OC. The first-order valence-electron chi connectivity index (χ1n) is 7.48. The molecule has 2 rings (SSSR count). The quantitative estimate of drug-likeness (QED) is 0.612. The average Bonchev–Trinajstić information content (AvgIpc) is 2.62. The summed E-state index contributed by atoms with van der Waals surface area (Å²) in [6, 6.07) is 10.4. The van der Waals surface area contributed by atoms with Gasteiger partial charge in [0, 0.05) is 5.56 Å². The maximum Gasteiger partial charge on any atom is 0.371 e. The topological polar surface area (TPSA) is 74.2 Å². The van der Waals surface area contributed by atoms with Crippen LogP contribution in [0.2, 0.25) is 0 Å². The number of carboxylic acids is 1. The molecule has 0 unspecified atom stereocenters. The van der Waals surface area contributed by atoms with Crippen LogP contribution in [0.25, 0.3) is 6.08 Å². The van der Waals surface area contributed by atoms with E-state index in [2.05, 4.69) is 0 Å². The molecular formula is C19H20O6. The molecule has 0 spiro atoms. The summed E-state index contributed by atoms with van der Waals surface area (Å²) in [7, 11) is 4.46. The van der Waals surface area contributed by atoms with Crippen molar-refractivity contribution in [2.45, 2.75) is 6.92 Å². The van der Waals surface area contributed by atoms with Gasteiger partial charge in [-0.25, -0.2) is 4.79 Å². The fourth-order valence-electron chi connectivity index (χ4n) is 2.25. The summed E-state index contributed by atoms with van der Waals surface area (Å²) in [5.74, 6) is 0.199. The maximum absolute atomic E-state index is 11.6. The second-order valence-electron chi connectivity index (χ2n) is 5.15. The van der Waals surface area contributed by atoms with Gasteiger partial charge >= 0.3 is 5.97 Å². The smallest absolute Gasteiger partial charge is 0.371 e. The molecule has 0 atom stereocenters. The summed E-state index contributed by atoms with van der Waals surface area (Å²) in [6.45, 7) is 1.94. The highest BCUT2D eigenvalue weighted by Crippen LogP contribution is 2.40. The Morgan fingerprint density at radius 1 is 0.920 bits per heavy atom. The van der Waals surface area contributed by atoms with Gasteiger partial charge in [-0.1, -0.05) is 17.7 Å². The number of benzene rings is 2. The Balaban J connectivity index is 2.46. The van der Waals surface area contributed by atoms with E-state index >= 15 is 0 Å². The minimum atomic E-state index is -1.20. The molecule has 0 bridgehead atoms. The van der Waals surface area contributed by atoms with E-state index in [9.17, 15) is 9.90 Å². The Hall–Kier alpha value is -3.15. The number of aryl methyl sites for hydroxylation is 1. The number of ether oxygens (including phenoxy) is 4. The van der Waals surface area contributed by atoms with E-state index in [4.69, 9.17) is 18.9 Å². The molecule has 6 heteroatoms. The third-order valence-electron chi connectivity index (χ3n) is 3.48. The van der Waals surface area contributed by atoms with Gasteiger partial charge in [0.05, 0.1) is 21.3 Å². The van der Waals surface area contributed by atoms with Crippen molar-refractivity contribution in [1.82, 2.24) is 0 Å². The number of hydrogen-bond acceptors (Lipinski definition) is 5. The molecule has 0 fully saturated rings. The Kier molecular flexibility index (Phi) is 5.89. The number of aliphatic carboxylic acids is 1. The summed E-state index contributed by atoms with van der Waals surface area (Å²) < 4.78 is 21.4. The van der Waals surface area contributed by atoms with Crippen LogP contribution in [0, 0.1) is 6.92 Å². The first-order valence-corrected chi connectivity index (χ1v) is 7.48. The first kappa shape index (κ1) is 18.2. The van der Waals surface area contributed by atoms with Gasteiger partial charge < -0.3 is 24.1 Å². The molecule has 6 nitrogen and oxygen atoms in total.